The predicted molar refractivity (Wildman–Crippen MR) is 87.8 cm³/mol. The van der Waals surface area contributed by atoms with Crippen molar-refractivity contribution in [2.75, 3.05) is 0 Å². The molecule has 3 rings (SSSR count). The lowest BCUT2D eigenvalue weighted by Crippen LogP contribution is -2.28. The van der Waals surface area contributed by atoms with E-state index in [-0.39, 0.29) is 11.9 Å². The molecule has 0 unspecified atom stereocenters. The van der Waals surface area contributed by atoms with E-state index in [1.54, 1.807) is 10.8 Å². The summed E-state index contributed by atoms with van der Waals surface area (Å²) in [5.41, 5.74) is 2.75. The average molecular weight is 293 g/mol. The average Bonchev–Trinajstić information content (AvgIpc) is 2.90. The zero-order valence-electron chi connectivity index (χ0n) is 12.8. The highest BCUT2D eigenvalue weighted by molar-refractivity contribution is 5.89. The predicted octanol–water partition coefficient (Wildman–Crippen LogP) is 3.16. The van der Waals surface area contributed by atoms with E-state index in [2.05, 4.69) is 9.98 Å². The van der Waals surface area contributed by atoms with Crippen LogP contribution in [0.3, 0.4) is 0 Å². The van der Waals surface area contributed by atoms with Gasteiger partial charge in [-0.15, -0.1) is 0 Å². The van der Waals surface area contributed by atoms with Crippen LogP contribution < -0.4 is 5.49 Å². The summed E-state index contributed by atoms with van der Waals surface area (Å²) in [5, 5.41) is 1.09. The fourth-order valence-electron chi connectivity index (χ4n) is 2.54. The van der Waals surface area contributed by atoms with E-state index < -0.39 is 0 Å². The van der Waals surface area contributed by atoms with Gasteiger partial charge in [0.15, 0.2) is 0 Å². The van der Waals surface area contributed by atoms with Gasteiger partial charge in [-0.2, -0.15) is 0 Å². The number of hydrogen-bond acceptors (Lipinski definition) is 2. The van der Waals surface area contributed by atoms with Crippen LogP contribution in [0.25, 0.3) is 10.9 Å². The first kappa shape index (κ1) is 14.3. The summed E-state index contributed by atoms with van der Waals surface area (Å²) in [6, 6.07) is 13.8. The highest BCUT2D eigenvalue weighted by Gasteiger charge is 2.10. The SMILES string of the molecule is CC(C)N=c1ccccn1C(=O)Cc1c[nH]c2ccccc12. The van der Waals surface area contributed by atoms with Crippen molar-refractivity contribution in [3.8, 4) is 0 Å². The number of carbonyl (C=O) groups is 1. The van der Waals surface area contributed by atoms with Gasteiger partial charge in [-0.3, -0.25) is 14.4 Å². The van der Waals surface area contributed by atoms with Crippen LogP contribution in [0.1, 0.15) is 24.2 Å². The maximum absolute atomic E-state index is 12.6. The van der Waals surface area contributed by atoms with E-state index in [9.17, 15) is 4.79 Å². The third kappa shape index (κ3) is 2.86. The topological polar surface area (TPSA) is 50.1 Å². The number of aromatic amines is 1. The normalized spacial score (nSPS) is 12.2. The second-order valence-electron chi connectivity index (χ2n) is 5.58. The Kier molecular flexibility index (Phi) is 3.92. The molecule has 0 fully saturated rings. The number of fused-ring (bicyclic) bond motifs is 1. The van der Waals surface area contributed by atoms with Crippen LogP contribution in [0.15, 0.2) is 59.9 Å². The Morgan fingerprint density at radius 2 is 1.95 bits per heavy atom. The molecule has 0 aliphatic carbocycles. The smallest absolute Gasteiger partial charge is 0.236 e. The molecule has 0 atom stereocenters. The van der Waals surface area contributed by atoms with E-state index in [1.165, 1.54) is 0 Å². The molecule has 0 bridgehead atoms. The summed E-state index contributed by atoms with van der Waals surface area (Å²) in [7, 11) is 0. The first-order valence-corrected chi connectivity index (χ1v) is 7.45. The van der Waals surface area contributed by atoms with Gasteiger partial charge < -0.3 is 4.98 Å². The molecule has 0 spiro atoms. The Bertz CT molecular complexity index is 871. The third-order valence-corrected chi connectivity index (χ3v) is 3.51. The summed E-state index contributed by atoms with van der Waals surface area (Å²) in [6.45, 7) is 4.00. The second-order valence-corrected chi connectivity index (χ2v) is 5.58. The molecule has 0 saturated carbocycles. The van der Waals surface area contributed by atoms with Crippen molar-refractivity contribution >= 4 is 16.8 Å². The van der Waals surface area contributed by atoms with Gasteiger partial charge >= 0.3 is 0 Å². The molecule has 0 aliphatic heterocycles. The first-order valence-electron chi connectivity index (χ1n) is 7.45. The number of nitrogens with one attached hydrogen (secondary N) is 1. The lowest BCUT2D eigenvalue weighted by Gasteiger charge is -2.06. The number of pyridine rings is 1. The number of rotatable bonds is 3. The van der Waals surface area contributed by atoms with Crippen molar-refractivity contribution in [1.29, 1.82) is 0 Å². The largest absolute Gasteiger partial charge is 0.361 e. The molecular weight excluding hydrogens is 274 g/mol. The quantitative estimate of drug-likeness (QED) is 0.792. The monoisotopic (exact) mass is 293 g/mol. The Labute approximate surface area is 129 Å². The maximum atomic E-state index is 12.6. The number of nitrogens with zero attached hydrogens (tertiary/aromatic N) is 2. The maximum Gasteiger partial charge on any atom is 0.236 e. The van der Waals surface area contributed by atoms with Gasteiger partial charge in [-0.1, -0.05) is 24.3 Å². The molecule has 0 saturated heterocycles. The van der Waals surface area contributed by atoms with Crippen molar-refractivity contribution < 1.29 is 4.79 Å². The van der Waals surface area contributed by atoms with Crippen LogP contribution >= 0.6 is 0 Å². The van der Waals surface area contributed by atoms with Crippen LogP contribution in [0.2, 0.25) is 0 Å². The van der Waals surface area contributed by atoms with Gasteiger partial charge in [0.2, 0.25) is 5.91 Å². The Morgan fingerprint density at radius 1 is 1.18 bits per heavy atom. The van der Waals surface area contributed by atoms with Gasteiger partial charge in [-0.05, 0) is 37.6 Å². The van der Waals surface area contributed by atoms with Gasteiger partial charge in [0, 0.05) is 29.3 Å². The van der Waals surface area contributed by atoms with E-state index >= 15 is 0 Å². The molecule has 4 heteroatoms. The van der Waals surface area contributed by atoms with Crippen LogP contribution in [0.5, 0.6) is 0 Å². The molecule has 2 aromatic heterocycles. The van der Waals surface area contributed by atoms with Crippen molar-refractivity contribution in [2.45, 2.75) is 26.3 Å². The molecule has 2 heterocycles. The minimum atomic E-state index is 0.0183. The molecule has 1 aromatic carbocycles. The Morgan fingerprint density at radius 3 is 2.77 bits per heavy atom. The minimum absolute atomic E-state index is 0.0183. The number of hydrogen-bond donors (Lipinski definition) is 1. The fourth-order valence-corrected chi connectivity index (χ4v) is 2.54. The van der Waals surface area contributed by atoms with Gasteiger partial charge in [0.1, 0.15) is 5.49 Å². The molecule has 0 aliphatic rings. The lowest BCUT2D eigenvalue weighted by atomic mass is 10.1. The Hall–Kier alpha value is -2.62. The van der Waals surface area contributed by atoms with Crippen molar-refractivity contribution in [2.24, 2.45) is 4.99 Å². The van der Waals surface area contributed by atoms with Crippen molar-refractivity contribution in [3.05, 3.63) is 65.9 Å². The molecule has 3 aromatic rings. The lowest BCUT2D eigenvalue weighted by molar-refractivity contribution is 0.0909. The molecule has 0 radical (unpaired) electrons. The van der Waals surface area contributed by atoms with E-state index in [0.29, 0.717) is 11.9 Å². The Balaban J connectivity index is 1.96. The van der Waals surface area contributed by atoms with E-state index in [0.717, 1.165) is 16.5 Å². The number of aromatic nitrogens is 2. The first-order chi connectivity index (χ1) is 10.6. The van der Waals surface area contributed by atoms with Crippen LogP contribution in [-0.2, 0) is 6.42 Å². The standard InChI is InChI=1S/C18H19N3O/c1-13(2)20-17-9-5-6-10-21(17)18(22)11-14-12-19-16-8-4-3-7-15(14)16/h3-10,12-13,19H,11H2,1-2H3. The summed E-state index contributed by atoms with van der Waals surface area (Å²) in [6.07, 6.45) is 4.03. The molecular formula is C18H19N3O. The van der Waals surface area contributed by atoms with E-state index in [1.807, 2.05) is 62.5 Å². The number of para-hydroxylation sites is 1. The molecule has 4 nitrogen and oxygen atoms in total. The van der Waals surface area contributed by atoms with Crippen LogP contribution in [0, 0.1) is 0 Å². The zero-order chi connectivity index (χ0) is 15.5. The molecule has 0 amide bonds. The fraction of sp³-hybridized carbons (Fsp3) is 0.222. The highest BCUT2D eigenvalue weighted by atomic mass is 16.2. The van der Waals surface area contributed by atoms with Gasteiger partial charge in [0.05, 0.1) is 6.42 Å². The number of benzene rings is 1. The zero-order valence-corrected chi connectivity index (χ0v) is 12.8. The minimum Gasteiger partial charge on any atom is -0.361 e. The third-order valence-electron chi connectivity index (χ3n) is 3.51. The summed E-state index contributed by atoms with van der Waals surface area (Å²) < 4.78 is 1.63. The number of carbonyl (C=O) groups excluding carboxylic acids is 1. The van der Waals surface area contributed by atoms with E-state index in [4.69, 9.17) is 0 Å². The molecule has 1 N–H and O–H groups in total. The molecule has 22 heavy (non-hydrogen) atoms. The summed E-state index contributed by atoms with van der Waals surface area (Å²) in [5.74, 6) is 0.0183. The van der Waals surface area contributed by atoms with Gasteiger partial charge in [0.25, 0.3) is 0 Å². The van der Waals surface area contributed by atoms with Crippen LogP contribution in [-0.4, -0.2) is 21.5 Å². The molecule has 112 valence electrons. The highest BCUT2D eigenvalue weighted by Crippen LogP contribution is 2.18. The number of H-pyrrole nitrogens is 1. The van der Waals surface area contributed by atoms with Crippen molar-refractivity contribution in [3.63, 3.8) is 0 Å². The summed E-state index contributed by atoms with van der Waals surface area (Å²) >= 11 is 0. The van der Waals surface area contributed by atoms with Crippen molar-refractivity contribution in [1.82, 2.24) is 9.55 Å². The summed E-state index contributed by atoms with van der Waals surface area (Å²) in [4.78, 5) is 20.4. The second kappa shape index (κ2) is 6.02. The van der Waals surface area contributed by atoms with Gasteiger partial charge in [-0.25, -0.2) is 0 Å². The van der Waals surface area contributed by atoms with Crippen LogP contribution in [0.4, 0.5) is 0 Å².